The van der Waals surface area contributed by atoms with Gasteiger partial charge in [-0.15, -0.1) is 0 Å². The third kappa shape index (κ3) is 17.1. The van der Waals surface area contributed by atoms with Crippen molar-refractivity contribution in [3.8, 4) is 0 Å². The number of ether oxygens (including phenoxy) is 9. The summed E-state index contributed by atoms with van der Waals surface area (Å²) in [6.45, 7) is 19.7. The van der Waals surface area contributed by atoms with E-state index in [1.165, 1.54) is 14.0 Å². The Morgan fingerprint density at radius 3 is 2.12 bits per heavy atom. The topological polar surface area (TPSA) is 217 Å². The van der Waals surface area contributed by atoms with Crippen molar-refractivity contribution in [3.63, 3.8) is 0 Å². The molecule has 18 nitrogen and oxygen atoms in total. The maximum Gasteiger partial charge on any atom is 0.309 e. The number of rotatable bonds is 18. The molecule has 3 aliphatic rings. The van der Waals surface area contributed by atoms with Crippen LogP contribution >= 0.6 is 0 Å². The molecule has 0 bridgehead atoms. The van der Waals surface area contributed by atoms with Crippen molar-refractivity contribution in [2.45, 2.75) is 224 Å². The number of esters is 4. The standard InChI is InChI=1S/C54H86N2O16Si/c1-15-42(58)68-41-30-44(60)64-35(7)24-21-20-22-26-40(72-73(17-3,18-4)19-5)34(6)31-54(62,28-27-39-25-23-29-55-33-39)51(48(41)63-14)71-52-49(67-38(10)57)46(56(12)13)47(36(8)66-52)70-45-32-53(11,61)50(37(9)65-45)69-43(59)16-2/h20-23,25-29,33-37,40-41,45-52,61-62H,15-19,24,30-32H2,1-14H3/t34-,35-,36?,37?,40+,41-,45?,46?,47?,48+,49?,50?,51-,52?,53?,54-/m1/s1. The monoisotopic (exact) mass is 1050 g/mol. The van der Waals surface area contributed by atoms with E-state index in [0.717, 1.165) is 18.1 Å². The number of cyclic esters (lactones) is 1. The minimum Gasteiger partial charge on any atom is -0.462 e. The van der Waals surface area contributed by atoms with Gasteiger partial charge in [-0.05, 0) is 90.0 Å². The highest BCUT2D eigenvalue weighted by molar-refractivity contribution is 6.73. The molecule has 9 unspecified atom stereocenters. The van der Waals surface area contributed by atoms with Crippen molar-refractivity contribution >= 4 is 38.3 Å². The summed E-state index contributed by atoms with van der Waals surface area (Å²) in [5.74, 6) is -2.93. The first-order chi connectivity index (χ1) is 34.5. The lowest BCUT2D eigenvalue weighted by Crippen LogP contribution is -2.67. The van der Waals surface area contributed by atoms with Crippen molar-refractivity contribution in [2.75, 3.05) is 21.2 Å². The SMILES string of the molecule is CCC(=O)OC1C(C)OC(OC2C(C)OC(O[C@@H]3[C@@H](OC)[C@H](OC(=O)CC)CC(=O)O[C@H](C)CC=CC=C[C@H](O[Si](CC)(CC)CC)[C@H](C)C[C@]3(O)C=Cc3cccnc3)C(OC(C)=O)C2N(C)C)CC1(C)O. The predicted octanol–water partition coefficient (Wildman–Crippen LogP) is 7.00. The molecule has 1 aromatic rings. The van der Waals surface area contributed by atoms with Crippen molar-refractivity contribution in [3.05, 3.63) is 60.5 Å². The summed E-state index contributed by atoms with van der Waals surface area (Å²) < 4.78 is 64.0. The molecule has 16 atom stereocenters. The van der Waals surface area contributed by atoms with E-state index in [1.54, 1.807) is 91.1 Å². The third-order valence-electron chi connectivity index (χ3n) is 14.3. The van der Waals surface area contributed by atoms with E-state index < -0.39 is 135 Å². The Kier molecular flexibility index (Phi) is 23.9. The maximum atomic E-state index is 13.9. The largest absolute Gasteiger partial charge is 0.462 e. The second kappa shape index (κ2) is 28.3. The number of likely N-dealkylation sites (N-methyl/N-ethyl adjacent to an activating group) is 1. The van der Waals surface area contributed by atoms with Crippen LogP contribution in [-0.2, 0) is 66.2 Å². The Labute approximate surface area is 434 Å². The molecule has 0 aromatic carbocycles. The molecule has 73 heavy (non-hydrogen) atoms. The number of aromatic nitrogens is 1. The maximum absolute atomic E-state index is 13.9. The molecule has 2 fully saturated rings. The molecule has 0 saturated carbocycles. The molecule has 4 heterocycles. The average molecular weight is 1050 g/mol. The molecule has 0 aliphatic carbocycles. The quantitative estimate of drug-likeness (QED) is 0.0859. The van der Waals surface area contributed by atoms with Gasteiger partial charge in [-0.3, -0.25) is 24.2 Å². The number of nitrogens with zero attached hydrogens (tertiary/aromatic N) is 2. The van der Waals surface area contributed by atoms with Crippen LogP contribution in [0.3, 0.4) is 0 Å². The number of allylic oxidation sites excluding steroid dienone is 2. The molecule has 412 valence electrons. The lowest BCUT2D eigenvalue weighted by atomic mass is 9.79. The van der Waals surface area contributed by atoms with E-state index in [1.807, 2.05) is 37.3 Å². The fraction of sp³-hybridized carbons (Fsp3) is 0.722. The van der Waals surface area contributed by atoms with Gasteiger partial charge in [0.25, 0.3) is 0 Å². The fourth-order valence-corrected chi connectivity index (χ4v) is 12.9. The Morgan fingerprint density at radius 2 is 1.55 bits per heavy atom. The van der Waals surface area contributed by atoms with Crippen LogP contribution in [0.15, 0.2) is 54.9 Å². The second-order valence-corrected chi connectivity index (χ2v) is 25.0. The van der Waals surface area contributed by atoms with Gasteiger partial charge in [0, 0.05) is 52.1 Å². The zero-order valence-corrected chi connectivity index (χ0v) is 46.7. The molecule has 1 aromatic heterocycles. The highest BCUT2D eigenvalue weighted by atomic mass is 28.4. The number of carbonyl (C=O) groups excluding carboxylic acids is 4. The summed E-state index contributed by atoms with van der Waals surface area (Å²) >= 11 is 0. The van der Waals surface area contributed by atoms with Crippen LogP contribution in [0.4, 0.5) is 0 Å². The smallest absolute Gasteiger partial charge is 0.309 e. The van der Waals surface area contributed by atoms with E-state index >= 15 is 0 Å². The number of pyridine rings is 1. The molecule has 19 heteroatoms. The van der Waals surface area contributed by atoms with Crippen molar-refractivity contribution < 1.29 is 76.4 Å². The van der Waals surface area contributed by atoms with Crippen LogP contribution in [-0.4, -0.2) is 164 Å². The molecule has 2 saturated heterocycles. The van der Waals surface area contributed by atoms with Crippen LogP contribution in [0.2, 0.25) is 18.1 Å². The zero-order chi connectivity index (χ0) is 54.3. The van der Waals surface area contributed by atoms with Crippen LogP contribution in [0.5, 0.6) is 0 Å². The summed E-state index contributed by atoms with van der Waals surface area (Å²) in [7, 11) is 2.62. The highest BCUT2D eigenvalue weighted by Crippen LogP contribution is 2.40. The van der Waals surface area contributed by atoms with Crippen molar-refractivity contribution in [1.29, 1.82) is 0 Å². The van der Waals surface area contributed by atoms with Gasteiger partial charge in [0.05, 0.1) is 30.8 Å². The van der Waals surface area contributed by atoms with E-state index in [9.17, 15) is 29.4 Å². The Bertz CT molecular complexity index is 1990. The first kappa shape index (κ1) is 61.7. The van der Waals surface area contributed by atoms with E-state index in [0.29, 0.717) is 12.0 Å². The minimum absolute atomic E-state index is 0.0421. The first-order valence-electron chi connectivity index (χ1n) is 26.1. The van der Waals surface area contributed by atoms with Crippen LogP contribution in [0.25, 0.3) is 6.08 Å². The highest BCUT2D eigenvalue weighted by Gasteiger charge is 2.56. The number of aliphatic hydroxyl groups is 2. The van der Waals surface area contributed by atoms with Gasteiger partial charge in [0.15, 0.2) is 33.1 Å². The second-order valence-electron chi connectivity index (χ2n) is 20.2. The van der Waals surface area contributed by atoms with Gasteiger partial charge in [-0.25, -0.2) is 0 Å². The van der Waals surface area contributed by atoms with Gasteiger partial charge in [-0.1, -0.05) is 78.0 Å². The van der Waals surface area contributed by atoms with Gasteiger partial charge in [0.2, 0.25) is 0 Å². The molecule has 2 N–H and O–H groups in total. The van der Waals surface area contributed by atoms with Gasteiger partial charge in [0.1, 0.15) is 41.7 Å². The molecule has 0 spiro atoms. The molecular weight excluding hydrogens is 961 g/mol. The Balaban J connectivity index is 1.96. The summed E-state index contributed by atoms with van der Waals surface area (Å²) in [6, 6.07) is 5.36. The lowest BCUT2D eigenvalue weighted by Gasteiger charge is -2.51. The predicted molar refractivity (Wildman–Crippen MR) is 275 cm³/mol. The minimum atomic E-state index is -2.29. The first-order valence-corrected chi connectivity index (χ1v) is 28.6. The normalized spacial score (nSPS) is 35.1. The Hall–Kier alpha value is -3.89. The van der Waals surface area contributed by atoms with E-state index in [4.69, 9.17) is 47.1 Å². The summed E-state index contributed by atoms with van der Waals surface area (Å²) in [6.07, 6.45) is 1.41. The molecular formula is C54H86N2O16Si. The van der Waals surface area contributed by atoms with Gasteiger partial charge >= 0.3 is 23.9 Å². The summed E-state index contributed by atoms with van der Waals surface area (Å²) in [5, 5.41) is 25.5. The van der Waals surface area contributed by atoms with Crippen LogP contribution in [0.1, 0.15) is 120 Å². The zero-order valence-electron chi connectivity index (χ0n) is 45.7. The molecule has 3 aliphatic heterocycles. The Morgan fingerprint density at radius 1 is 0.877 bits per heavy atom. The third-order valence-corrected chi connectivity index (χ3v) is 18.9. The van der Waals surface area contributed by atoms with Crippen LogP contribution < -0.4 is 0 Å². The van der Waals surface area contributed by atoms with Crippen molar-refractivity contribution in [2.24, 2.45) is 5.92 Å². The van der Waals surface area contributed by atoms with Crippen molar-refractivity contribution in [1.82, 2.24) is 9.88 Å². The molecule has 0 amide bonds. The fourth-order valence-electron chi connectivity index (χ4n) is 10.1. The molecule has 0 radical (unpaired) electrons. The number of carbonyl (C=O) groups is 4. The van der Waals surface area contributed by atoms with E-state index in [-0.39, 0.29) is 25.7 Å². The molecule has 4 rings (SSSR count). The lowest BCUT2D eigenvalue weighted by molar-refractivity contribution is -0.349. The number of hydrogen-bond donors (Lipinski definition) is 2. The number of hydrogen-bond acceptors (Lipinski definition) is 18. The summed E-state index contributed by atoms with van der Waals surface area (Å²) in [5.41, 5.74) is -2.98. The van der Waals surface area contributed by atoms with Crippen LogP contribution in [0, 0.1) is 5.92 Å². The number of methoxy groups -OCH3 is 1. The van der Waals surface area contributed by atoms with E-state index in [2.05, 4.69) is 25.8 Å². The van der Waals surface area contributed by atoms with Gasteiger partial charge in [-0.2, -0.15) is 0 Å². The summed E-state index contributed by atoms with van der Waals surface area (Å²) in [4.78, 5) is 59.0. The average Bonchev–Trinajstić information content (AvgIpc) is 3.33. The van der Waals surface area contributed by atoms with Gasteiger partial charge < -0.3 is 62.2 Å².